The lowest BCUT2D eigenvalue weighted by Crippen LogP contribution is -2.43. The Labute approximate surface area is 148 Å². The van der Waals surface area contributed by atoms with Crippen molar-refractivity contribution >= 4 is 17.7 Å². The summed E-state index contributed by atoms with van der Waals surface area (Å²) in [6.45, 7) is 0.351. The third kappa shape index (κ3) is 2.81. The Bertz CT molecular complexity index is 867. The van der Waals surface area contributed by atoms with Crippen LogP contribution in [0, 0.1) is 5.82 Å². The van der Waals surface area contributed by atoms with Crippen LogP contribution in [0.15, 0.2) is 59.8 Å². The Hall–Kier alpha value is -3.22. The molecule has 132 valence electrons. The smallest absolute Gasteiger partial charge is 0.416 e. The van der Waals surface area contributed by atoms with Crippen LogP contribution >= 0.6 is 0 Å². The van der Waals surface area contributed by atoms with E-state index in [0.717, 1.165) is 10.5 Å². The Balaban J connectivity index is 1.70. The van der Waals surface area contributed by atoms with Gasteiger partial charge in [0.25, 0.3) is 5.91 Å². The van der Waals surface area contributed by atoms with Crippen LogP contribution < -0.4 is 0 Å². The first-order valence-corrected chi connectivity index (χ1v) is 8.18. The van der Waals surface area contributed by atoms with Gasteiger partial charge in [-0.25, -0.2) is 14.1 Å². The number of benzene rings is 2. The van der Waals surface area contributed by atoms with Gasteiger partial charge in [-0.2, -0.15) is 0 Å². The number of hydrogen-bond donors (Lipinski definition) is 0. The van der Waals surface area contributed by atoms with Crippen molar-refractivity contribution in [2.45, 2.75) is 12.0 Å². The number of nitrogens with zero attached hydrogens (tertiary/aromatic N) is 2. The molecule has 0 N–H and O–H groups in total. The summed E-state index contributed by atoms with van der Waals surface area (Å²) in [5.74, 6) is -1.37. The molecular formula is C19H15FN2O4. The van der Waals surface area contributed by atoms with E-state index in [0.29, 0.717) is 11.3 Å². The summed E-state index contributed by atoms with van der Waals surface area (Å²) in [6.07, 6.45) is -1.66. The number of carbonyl (C=O) groups is 2. The summed E-state index contributed by atoms with van der Waals surface area (Å²) in [6, 6.07) is 15.1. The molecule has 1 saturated heterocycles. The molecule has 0 bridgehead atoms. The molecule has 0 spiro atoms. The van der Waals surface area contributed by atoms with Crippen LogP contribution in [0.3, 0.4) is 0 Å². The van der Waals surface area contributed by atoms with Gasteiger partial charge >= 0.3 is 6.09 Å². The van der Waals surface area contributed by atoms with Crippen LogP contribution in [0.25, 0.3) is 0 Å². The van der Waals surface area contributed by atoms with E-state index >= 15 is 0 Å². The monoisotopic (exact) mass is 354 g/mol. The second kappa shape index (κ2) is 6.59. The highest BCUT2D eigenvalue weighted by Crippen LogP contribution is 2.34. The highest BCUT2D eigenvalue weighted by atomic mass is 19.1. The van der Waals surface area contributed by atoms with Gasteiger partial charge in [0, 0.05) is 5.56 Å². The van der Waals surface area contributed by atoms with E-state index in [1.54, 1.807) is 12.1 Å². The molecule has 2 aliphatic heterocycles. The lowest BCUT2D eigenvalue weighted by Gasteiger charge is -2.21. The molecule has 4 rings (SSSR count). The molecule has 6 nitrogen and oxygen atoms in total. The summed E-state index contributed by atoms with van der Waals surface area (Å²) in [7, 11) is 0. The SMILES string of the molecule is O=C1OCCN1C(=O)C1ON=C(c2ccc(F)cc2)C1c1ccccc1. The molecular weight excluding hydrogens is 339 g/mol. The molecule has 2 aromatic carbocycles. The van der Waals surface area contributed by atoms with E-state index in [4.69, 9.17) is 9.57 Å². The zero-order valence-corrected chi connectivity index (χ0v) is 13.7. The largest absolute Gasteiger partial charge is 0.447 e. The fourth-order valence-corrected chi connectivity index (χ4v) is 3.16. The van der Waals surface area contributed by atoms with E-state index < -0.39 is 24.0 Å². The van der Waals surface area contributed by atoms with Crippen LogP contribution in [0.5, 0.6) is 0 Å². The Morgan fingerprint density at radius 2 is 1.85 bits per heavy atom. The average Bonchev–Trinajstić information content (AvgIpc) is 3.29. The minimum Gasteiger partial charge on any atom is -0.447 e. The lowest BCUT2D eigenvalue weighted by molar-refractivity contribution is -0.139. The van der Waals surface area contributed by atoms with Gasteiger partial charge in [-0.15, -0.1) is 0 Å². The normalized spacial score (nSPS) is 22.0. The quantitative estimate of drug-likeness (QED) is 0.850. The minimum atomic E-state index is -0.983. The summed E-state index contributed by atoms with van der Waals surface area (Å²) in [4.78, 5) is 31.1. The van der Waals surface area contributed by atoms with E-state index in [2.05, 4.69) is 5.16 Å². The van der Waals surface area contributed by atoms with Gasteiger partial charge in [-0.05, 0) is 17.7 Å². The van der Waals surface area contributed by atoms with Gasteiger partial charge in [-0.3, -0.25) is 4.79 Å². The van der Waals surface area contributed by atoms with Crippen molar-refractivity contribution in [2.75, 3.05) is 13.2 Å². The van der Waals surface area contributed by atoms with Crippen molar-refractivity contribution in [3.05, 3.63) is 71.5 Å². The molecule has 0 aliphatic carbocycles. The fraction of sp³-hybridized carbons (Fsp3) is 0.211. The topological polar surface area (TPSA) is 68.2 Å². The molecule has 0 radical (unpaired) electrons. The van der Waals surface area contributed by atoms with Gasteiger partial charge in [0.05, 0.1) is 18.2 Å². The van der Waals surface area contributed by atoms with Crippen molar-refractivity contribution in [2.24, 2.45) is 5.16 Å². The molecule has 2 amide bonds. The molecule has 2 atom stereocenters. The number of cyclic esters (lactones) is 1. The molecule has 7 heteroatoms. The predicted molar refractivity (Wildman–Crippen MR) is 90.1 cm³/mol. The predicted octanol–water partition coefficient (Wildman–Crippen LogP) is 2.69. The van der Waals surface area contributed by atoms with E-state index in [9.17, 15) is 14.0 Å². The van der Waals surface area contributed by atoms with E-state index in [1.165, 1.54) is 12.1 Å². The number of rotatable bonds is 3. The van der Waals surface area contributed by atoms with Crippen molar-refractivity contribution in [1.82, 2.24) is 4.90 Å². The van der Waals surface area contributed by atoms with Gasteiger partial charge < -0.3 is 9.57 Å². The highest BCUT2D eigenvalue weighted by Gasteiger charge is 2.45. The molecule has 1 fully saturated rings. The van der Waals surface area contributed by atoms with Crippen LogP contribution in [-0.2, 0) is 14.4 Å². The molecule has 2 aliphatic rings. The van der Waals surface area contributed by atoms with Crippen molar-refractivity contribution < 1.29 is 23.6 Å². The van der Waals surface area contributed by atoms with Crippen LogP contribution in [0.4, 0.5) is 9.18 Å². The summed E-state index contributed by atoms with van der Waals surface area (Å²) in [5.41, 5.74) is 1.99. The average molecular weight is 354 g/mol. The number of oxime groups is 1. The Morgan fingerprint density at radius 1 is 1.12 bits per heavy atom. The maximum atomic E-state index is 13.3. The van der Waals surface area contributed by atoms with Crippen molar-refractivity contribution in [3.63, 3.8) is 0 Å². The molecule has 2 unspecified atom stereocenters. The van der Waals surface area contributed by atoms with Crippen molar-refractivity contribution in [1.29, 1.82) is 0 Å². The summed E-state index contributed by atoms with van der Waals surface area (Å²) in [5, 5.41) is 4.09. The summed E-state index contributed by atoms with van der Waals surface area (Å²) < 4.78 is 18.1. The molecule has 0 saturated carbocycles. The zero-order valence-electron chi connectivity index (χ0n) is 13.7. The molecule has 0 aromatic heterocycles. The Morgan fingerprint density at radius 3 is 2.50 bits per heavy atom. The second-order valence-corrected chi connectivity index (χ2v) is 6.00. The second-order valence-electron chi connectivity index (χ2n) is 6.00. The Kier molecular flexibility index (Phi) is 4.12. The number of ether oxygens (including phenoxy) is 1. The first-order chi connectivity index (χ1) is 12.6. The highest BCUT2D eigenvalue weighted by molar-refractivity contribution is 6.10. The standard InChI is InChI=1S/C19H15FN2O4/c20-14-8-6-13(7-9-14)16-15(12-4-2-1-3-5-12)17(26-21-16)18(23)22-10-11-25-19(22)24/h1-9,15,17H,10-11H2. The third-order valence-electron chi connectivity index (χ3n) is 4.43. The van der Waals surface area contributed by atoms with E-state index in [1.807, 2.05) is 30.3 Å². The number of hydrogen-bond acceptors (Lipinski definition) is 5. The van der Waals surface area contributed by atoms with Gasteiger partial charge in [0.15, 0.2) is 0 Å². The maximum absolute atomic E-state index is 13.3. The minimum absolute atomic E-state index is 0.166. The maximum Gasteiger partial charge on any atom is 0.416 e. The van der Waals surface area contributed by atoms with Gasteiger partial charge in [-0.1, -0.05) is 47.6 Å². The van der Waals surface area contributed by atoms with Gasteiger partial charge in [0.1, 0.15) is 12.4 Å². The molecule has 2 heterocycles. The fourth-order valence-electron chi connectivity index (χ4n) is 3.16. The number of amides is 2. The molecule has 26 heavy (non-hydrogen) atoms. The lowest BCUT2D eigenvalue weighted by atomic mass is 9.85. The molecule has 2 aromatic rings. The van der Waals surface area contributed by atoms with Crippen LogP contribution in [0.2, 0.25) is 0 Å². The number of imide groups is 1. The van der Waals surface area contributed by atoms with Gasteiger partial charge in [0.2, 0.25) is 6.10 Å². The third-order valence-corrected chi connectivity index (χ3v) is 4.43. The van der Waals surface area contributed by atoms with Crippen LogP contribution in [-0.4, -0.2) is 41.9 Å². The zero-order chi connectivity index (χ0) is 18.1. The number of halogens is 1. The van der Waals surface area contributed by atoms with Crippen LogP contribution in [0.1, 0.15) is 17.0 Å². The summed E-state index contributed by atoms with van der Waals surface area (Å²) >= 11 is 0. The number of carbonyl (C=O) groups excluding carboxylic acids is 2. The van der Waals surface area contributed by atoms with E-state index in [-0.39, 0.29) is 19.0 Å². The first-order valence-electron chi connectivity index (χ1n) is 8.18. The first kappa shape index (κ1) is 16.3. The van der Waals surface area contributed by atoms with Crippen molar-refractivity contribution in [3.8, 4) is 0 Å².